The Morgan fingerprint density at radius 1 is 1.29 bits per heavy atom. The quantitative estimate of drug-likeness (QED) is 0.702. The Balaban J connectivity index is 2.26. The first-order chi connectivity index (χ1) is 7.98. The monoisotopic (exact) mass is 308 g/mol. The minimum absolute atomic E-state index is 0.0831. The summed E-state index contributed by atoms with van der Waals surface area (Å²) in [4.78, 5) is 0.0831. The third kappa shape index (κ3) is 3.01. The van der Waals surface area contributed by atoms with Gasteiger partial charge in [0.1, 0.15) is 0 Å². The molecule has 0 spiro atoms. The molecule has 94 valence electrons. The van der Waals surface area contributed by atoms with Crippen molar-refractivity contribution in [3.05, 3.63) is 35.4 Å². The third-order valence-electron chi connectivity index (χ3n) is 2.79. The van der Waals surface area contributed by atoms with E-state index in [9.17, 15) is 13.2 Å². The smallest absolute Gasteiger partial charge is 0.372 e. The van der Waals surface area contributed by atoms with Crippen LogP contribution in [0.15, 0.2) is 24.3 Å². The minimum Gasteiger partial charge on any atom is -0.372 e. The summed E-state index contributed by atoms with van der Waals surface area (Å²) < 4.78 is 43.3. The zero-order valence-corrected chi connectivity index (χ0v) is 10.6. The summed E-state index contributed by atoms with van der Waals surface area (Å²) >= 11 is 3.46. The summed E-state index contributed by atoms with van der Waals surface area (Å²) in [5, 5.41) is 0. The lowest BCUT2D eigenvalue weighted by molar-refractivity contribution is -0.137. The van der Waals surface area contributed by atoms with E-state index in [1.807, 2.05) is 0 Å². The van der Waals surface area contributed by atoms with Gasteiger partial charge in [0.25, 0.3) is 0 Å². The Labute approximate surface area is 106 Å². The zero-order valence-electron chi connectivity index (χ0n) is 9.01. The summed E-state index contributed by atoms with van der Waals surface area (Å²) in [5.41, 5.74) is -0.0368. The van der Waals surface area contributed by atoms with Gasteiger partial charge in [0.15, 0.2) is 0 Å². The second-order valence-electron chi connectivity index (χ2n) is 4.07. The lowest BCUT2D eigenvalue weighted by Crippen LogP contribution is -2.22. The SMILES string of the molecule is FC(F)(F)c1cccc(C2OCCCC2Br)c1. The van der Waals surface area contributed by atoms with E-state index in [1.165, 1.54) is 12.1 Å². The fourth-order valence-corrected chi connectivity index (χ4v) is 2.72. The molecular formula is C12H12BrF3O. The van der Waals surface area contributed by atoms with Crippen molar-refractivity contribution in [2.75, 3.05) is 6.61 Å². The third-order valence-corrected chi connectivity index (χ3v) is 3.73. The van der Waals surface area contributed by atoms with Gasteiger partial charge in [-0.1, -0.05) is 28.1 Å². The lowest BCUT2D eigenvalue weighted by Gasteiger charge is -2.28. The standard InChI is InChI=1S/C12H12BrF3O/c13-10-5-2-6-17-11(10)8-3-1-4-9(7-8)12(14,15)16/h1,3-4,7,10-11H,2,5-6H2. The molecule has 2 atom stereocenters. The van der Waals surface area contributed by atoms with Crippen LogP contribution in [-0.2, 0) is 10.9 Å². The van der Waals surface area contributed by atoms with Gasteiger partial charge in [0, 0.05) is 11.4 Å². The molecule has 0 saturated carbocycles. The predicted molar refractivity (Wildman–Crippen MR) is 62.1 cm³/mol. The minimum atomic E-state index is -4.30. The Morgan fingerprint density at radius 2 is 2.06 bits per heavy atom. The number of ether oxygens (including phenoxy) is 1. The molecule has 0 bridgehead atoms. The van der Waals surface area contributed by atoms with Crippen LogP contribution in [0.4, 0.5) is 13.2 Å². The predicted octanol–water partition coefficient (Wildman–Crippen LogP) is 4.32. The molecule has 2 unspecified atom stereocenters. The van der Waals surface area contributed by atoms with Crippen molar-refractivity contribution in [1.82, 2.24) is 0 Å². The van der Waals surface area contributed by atoms with Crippen LogP contribution >= 0.6 is 15.9 Å². The zero-order chi connectivity index (χ0) is 12.5. The van der Waals surface area contributed by atoms with Crippen LogP contribution in [0.5, 0.6) is 0 Å². The van der Waals surface area contributed by atoms with Crippen molar-refractivity contribution in [3.63, 3.8) is 0 Å². The van der Waals surface area contributed by atoms with Gasteiger partial charge in [-0.05, 0) is 30.5 Å². The Bertz CT molecular complexity index is 392. The number of hydrogen-bond acceptors (Lipinski definition) is 1. The molecule has 1 aliphatic rings. The largest absolute Gasteiger partial charge is 0.416 e. The summed E-state index contributed by atoms with van der Waals surface area (Å²) in [5.74, 6) is 0. The number of alkyl halides is 4. The molecule has 17 heavy (non-hydrogen) atoms. The van der Waals surface area contributed by atoms with E-state index in [-0.39, 0.29) is 10.9 Å². The highest BCUT2D eigenvalue weighted by atomic mass is 79.9. The van der Waals surface area contributed by atoms with E-state index >= 15 is 0 Å². The molecule has 1 aromatic carbocycles. The average Bonchev–Trinajstić information content (AvgIpc) is 2.29. The first-order valence-corrected chi connectivity index (χ1v) is 6.33. The molecule has 1 nitrogen and oxygen atoms in total. The molecule has 1 saturated heterocycles. The van der Waals surface area contributed by atoms with Crippen LogP contribution < -0.4 is 0 Å². The summed E-state index contributed by atoms with van der Waals surface area (Å²) in [6, 6.07) is 5.36. The normalized spacial score (nSPS) is 25.9. The highest BCUT2D eigenvalue weighted by Crippen LogP contribution is 2.36. The molecule has 0 radical (unpaired) electrons. The fraction of sp³-hybridized carbons (Fsp3) is 0.500. The van der Waals surface area contributed by atoms with Crippen LogP contribution in [0.3, 0.4) is 0 Å². The van der Waals surface area contributed by atoms with Gasteiger partial charge in [0.05, 0.1) is 11.7 Å². The van der Waals surface area contributed by atoms with E-state index in [1.54, 1.807) is 6.07 Å². The van der Waals surface area contributed by atoms with E-state index in [0.717, 1.165) is 18.9 Å². The fourth-order valence-electron chi connectivity index (χ4n) is 1.94. The van der Waals surface area contributed by atoms with Crippen LogP contribution in [-0.4, -0.2) is 11.4 Å². The van der Waals surface area contributed by atoms with Crippen LogP contribution in [0.25, 0.3) is 0 Å². The molecule has 0 aliphatic carbocycles. The van der Waals surface area contributed by atoms with E-state index < -0.39 is 11.7 Å². The van der Waals surface area contributed by atoms with Gasteiger partial charge in [-0.15, -0.1) is 0 Å². The lowest BCUT2D eigenvalue weighted by atomic mass is 9.99. The number of rotatable bonds is 1. The van der Waals surface area contributed by atoms with Gasteiger partial charge in [-0.25, -0.2) is 0 Å². The number of halogens is 4. The number of hydrogen-bond donors (Lipinski definition) is 0. The first kappa shape index (κ1) is 12.9. The summed E-state index contributed by atoms with van der Waals surface area (Å²) in [6.45, 7) is 0.600. The number of benzene rings is 1. The highest BCUT2D eigenvalue weighted by molar-refractivity contribution is 9.09. The van der Waals surface area contributed by atoms with E-state index in [4.69, 9.17) is 4.74 Å². The van der Waals surface area contributed by atoms with Crippen LogP contribution in [0.2, 0.25) is 0 Å². The molecule has 0 amide bonds. The van der Waals surface area contributed by atoms with Crippen LogP contribution in [0, 0.1) is 0 Å². The molecule has 1 aliphatic heterocycles. The highest BCUT2D eigenvalue weighted by Gasteiger charge is 2.32. The Kier molecular flexibility index (Phi) is 3.78. The van der Waals surface area contributed by atoms with Crippen LogP contribution in [0.1, 0.15) is 30.1 Å². The van der Waals surface area contributed by atoms with E-state index in [2.05, 4.69) is 15.9 Å². The first-order valence-electron chi connectivity index (χ1n) is 5.41. The maximum absolute atomic E-state index is 12.6. The van der Waals surface area contributed by atoms with Crippen molar-refractivity contribution in [2.45, 2.75) is 29.9 Å². The molecule has 2 rings (SSSR count). The Morgan fingerprint density at radius 3 is 2.71 bits per heavy atom. The van der Waals surface area contributed by atoms with Crippen molar-refractivity contribution < 1.29 is 17.9 Å². The van der Waals surface area contributed by atoms with Crippen molar-refractivity contribution in [1.29, 1.82) is 0 Å². The second-order valence-corrected chi connectivity index (χ2v) is 5.25. The van der Waals surface area contributed by atoms with Gasteiger partial charge in [0.2, 0.25) is 0 Å². The van der Waals surface area contributed by atoms with Gasteiger partial charge >= 0.3 is 6.18 Å². The molecular weight excluding hydrogens is 297 g/mol. The molecule has 1 heterocycles. The maximum atomic E-state index is 12.6. The summed E-state index contributed by atoms with van der Waals surface area (Å²) in [7, 11) is 0. The molecule has 0 aromatic heterocycles. The molecule has 5 heteroatoms. The average molecular weight is 309 g/mol. The molecule has 1 aromatic rings. The van der Waals surface area contributed by atoms with Crippen molar-refractivity contribution in [2.24, 2.45) is 0 Å². The van der Waals surface area contributed by atoms with Crippen molar-refractivity contribution >= 4 is 15.9 Å². The maximum Gasteiger partial charge on any atom is 0.416 e. The van der Waals surface area contributed by atoms with Gasteiger partial charge in [-0.2, -0.15) is 13.2 Å². The second kappa shape index (κ2) is 4.98. The van der Waals surface area contributed by atoms with Crippen molar-refractivity contribution in [3.8, 4) is 0 Å². The van der Waals surface area contributed by atoms with Gasteiger partial charge in [-0.3, -0.25) is 0 Å². The van der Waals surface area contributed by atoms with E-state index in [0.29, 0.717) is 12.2 Å². The summed E-state index contributed by atoms with van der Waals surface area (Å²) in [6.07, 6.45) is -2.73. The Hall–Kier alpha value is -0.550. The molecule has 1 fully saturated rings. The molecule has 0 N–H and O–H groups in total. The topological polar surface area (TPSA) is 9.23 Å². The van der Waals surface area contributed by atoms with Gasteiger partial charge < -0.3 is 4.74 Å².